The van der Waals surface area contributed by atoms with Gasteiger partial charge in [0, 0.05) is 13.1 Å². The first-order valence-corrected chi connectivity index (χ1v) is 8.26. The summed E-state index contributed by atoms with van der Waals surface area (Å²) in [7, 11) is 0. The Hall–Kier alpha value is -2.62. The molecule has 0 aliphatic carbocycles. The van der Waals surface area contributed by atoms with Gasteiger partial charge in [0.05, 0.1) is 11.8 Å². The first-order chi connectivity index (χ1) is 11.6. The van der Waals surface area contributed by atoms with E-state index in [4.69, 9.17) is 0 Å². The Labute approximate surface area is 141 Å². The number of carboxylic acids is 1. The zero-order valence-electron chi connectivity index (χ0n) is 13.7. The molecule has 1 aliphatic rings. The summed E-state index contributed by atoms with van der Waals surface area (Å²) in [6.07, 6.45) is 0.693. The van der Waals surface area contributed by atoms with E-state index in [9.17, 15) is 14.7 Å². The average molecular weight is 323 g/mol. The number of carbonyl (C=O) groups excluding carboxylic acids is 1. The van der Waals surface area contributed by atoms with Crippen LogP contribution in [0.3, 0.4) is 0 Å². The van der Waals surface area contributed by atoms with Crippen molar-refractivity contribution in [2.45, 2.75) is 31.7 Å². The molecule has 3 rings (SSSR count). The fourth-order valence-electron chi connectivity index (χ4n) is 3.44. The summed E-state index contributed by atoms with van der Waals surface area (Å²) in [5.74, 6) is -1.77. The number of amides is 1. The Morgan fingerprint density at radius 2 is 1.79 bits per heavy atom. The van der Waals surface area contributed by atoms with Gasteiger partial charge in [0.25, 0.3) is 0 Å². The number of aliphatic carboxylic acids is 1. The van der Waals surface area contributed by atoms with E-state index < -0.39 is 11.9 Å². The molecule has 0 aromatic heterocycles. The summed E-state index contributed by atoms with van der Waals surface area (Å²) in [5, 5.41) is 9.56. The largest absolute Gasteiger partial charge is 0.481 e. The Kier molecular flexibility index (Phi) is 4.65. The molecule has 0 spiro atoms. The number of carbonyl (C=O) groups is 2. The molecule has 0 bridgehead atoms. The molecule has 4 heteroatoms. The summed E-state index contributed by atoms with van der Waals surface area (Å²) < 4.78 is 0. The topological polar surface area (TPSA) is 57.6 Å². The van der Waals surface area contributed by atoms with Gasteiger partial charge in [-0.05, 0) is 23.1 Å². The minimum Gasteiger partial charge on any atom is -0.481 e. The number of carboxylic acid groups (broad SMARTS) is 1. The van der Waals surface area contributed by atoms with Crippen LogP contribution in [0.5, 0.6) is 0 Å². The molecular weight excluding hydrogens is 302 g/mol. The summed E-state index contributed by atoms with van der Waals surface area (Å²) in [6, 6.07) is 17.2. The van der Waals surface area contributed by atoms with E-state index in [0.29, 0.717) is 13.0 Å². The molecule has 1 aliphatic heterocycles. The fourth-order valence-corrected chi connectivity index (χ4v) is 3.44. The van der Waals surface area contributed by atoms with Crippen molar-refractivity contribution in [3.05, 3.63) is 71.3 Å². The molecule has 4 nitrogen and oxygen atoms in total. The van der Waals surface area contributed by atoms with E-state index in [1.807, 2.05) is 61.5 Å². The maximum Gasteiger partial charge on any atom is 0.312 e. The van der Waals surface area contributed by atoms with Crippen LogP contribution in [0.15, 0.2) is 54.6 Å². The highest BCUT2D eigenvalue weighted by molar-refractivity contribution is 5.86. The number of hydrogen-bond donors (Lipinski definition) is 1. The van der Waals surface area contributed by atoms with Crippen molar-refractivity contribution in [3.8, 4) is 0 Å². The molecule has 2 aromatic rings. The Balaban J connectivity index is 1.90. The number of hydrogen-bond acceptors (Lipinski definition) is 2. The van der Waals surface area contributed by atoms with Gasteiger partial charge in [0.15, 0.2) is 0 Å². The highest BCUT2D eigenvalue weighted by Crippen LogP contribution is 2.31. The van der Waals surface area contributed by atoms with Gasteiger partial charge >= 0.3 is 5.97 Å². The summed E-state index contributed by atoms with van der Waals surface area (Å²) in [6.45, 7) is 2.69. The minimum atomic E-state index is -0.882. The van der Waals surface area contributed by atoms with E-state index in [1.165, 1.54) is 0 Å². The third-order valence-corrected chi connectivity index (χ3v) is 4.71. The first kappa shape index (κ1) is 16.2. The van der Waals surface area contributed by atoms with Gasteiger partial charge in [-0.3, -0.25) is 9.59 Å². The van der Waals surface area contributed by atoms with Crippen LogP contribution in [-0.2, 0) is 16.1 Å². The summed E-state index contributed by atoms with van der Waals surface area (Å²) in [5.41, 5.74) is 2.73. The molecular formula is C20H21NO3. The third kappa shape index (κ3) is 3.04. The minimum absolute atomic E-state index is 0.00412. The lowest BCUT2D eigenvalue weighted by Gasteiger charge is -2.35. The van der Waals surface area contributed by atoms with Crippen LogP contribution in [0.1, 0.15) is 41.9 Å². The van der Waals surface area contributed by atoms with E-state index in [0.717, 1.165) is 16.7 Å². The van der Waals surface area contributed by atoms with Crippen molar-refractivity contribution in [3.63, 3.8) is 0 Å². The maximum atomic E-state index is 13.0. The van der Waals surface area contributed by atoms with Crippen molar-refractivity contribution in [2.75, 3.05) is 6.54 Å². The van der Waals surface area contributed by atoms with Crippen LogP contribution in [0.4, 0.5) is 0 Å². The quantitative estimate of drug-likeness (QED) is 0.938. The molecule has 1 N–H and O–H groups in total. The van der Waals surface area contributed by atoms with E-state index in [2.05, 4.69) is 0 Å². The first-order valence-electron chi connectivity index (χ1n) is 8.26. The van der Waals surface area contributed by atoms with Crippen molar-refractivity contribution < 1.29 is 14.7 Å². The highest BCUT2D eigenvalue weighted by atomic mass is 16.4. The van der Waals surface area contributed by atoms with Crippen LogP contribution < -0.4 is 0 Å². The molecule has 2 unspecified atom stereocenters. The van der Waals surface area contributed by atoms with Crippen LogP contribution in [0, 0.1) is 0 Å². The van der Waals surface area contributed by atoms with E-state index in [1.54, 1.807) is 4.90 Å². The molecule has 24 heavy (non-hydrogen) atoms. The number of fused-ring (bicyclic) bond motifs is 1. The fraction of sp³-hybridized carbons (Fsp3) is 0.300. The van der Waals surface area contributed by atoms with Crippen molar-refractivity contribution in [1.29, 1.82) is 0 Å². The van der Waals surface area contributed by atoms with Crippen LogP contribution in [0.2, 0.25) is 0 Å². The normalized spacial score (nSPS) is 17.9. The number of benzene rings is 2. The van der Waals surface area contributed by atoms with Crippen LogP contribution in [0.25, 0.3) is 0 Å². The van der Waals surface area contributed by atoms with Crippen molar-refractivity contribution >= 4 is 11.9 Å². The van der Waals surface area contributed by atoms with Gasteiger partial charge < -0.3 is 10.0 Å². The standard InChI is InChI=1S/C20H21NO3/c1-2-16(14-8-4-3-5-9-14)19(22)21-12-15-10-6-7-11-17(15)18(13-21)20(23)24/h3-11,16,18H,2,12-13H2,1H3,(H,23,24). The van der Waals surface area contributed by atoms with Gasteiger partial charge in [-0.25, -0.2) is 0 Å². The second kappa shape index (κ2) is 6.87. The maximum absolute atomic E-state index is 13.0. The lowest BCUT2D eigenvalue weighted by Crippen LogP contribution is -2.42. The molecule has 0 fully saturated rings. The van der Waals surface area contributed by atoms with E-state index >= 15 is 0 Å². The zero-order chi connectivity index (χ0) is 17.1. The molecule has 1 heterocycles. The molecule has 124 valence electrons. The second-order valence-corrected chi connectivity index (χ2v) is 6.18. The van der Waals surface area contributed by atoms with Gasteiger partial charge in [-0.2, -0.15) is 0 Å². The summed E-state index contributed by atoms with van der Waals surface area (Å²) in [4.78, 5) is 26.4. The highest BCUT2D eigenvalue weighted by Gasteiger charge is 2.34. The Bertz CT molecular complexity index is 742. The van der Waals surface area contributed by atoms with Gasteiger partial charge in [-0.1, -0.05) is 61.5 Å². The molecule has 0 saturated carbocycles. The molecule has 0 saturated heterocycles. The van der Waals surface area contributed by atoms with Gasteiger partial charge in [0.1, 0.15) is 0 Å². The predicted molar refractivity (Wildman–Crippen MR) is 91.7 cm³/mol. The van der Waals surface area contributed by atoms with Crippen LogP contribution >= 0.6 is 0 Å². The predicted octanol–water partition coefficient (Wildman–Crippen LogP) is 3.39. The Morgan fingerprint density at radius 3 is 2.46 bits per heavy atom. The lowest BCUT2D eigenvalue weighted by molar-refractivity contribution is -0.141. The van der Waals surface area contributed by atoms with Crippen molar-refractivity contribution in [1.82, 2.24) is 4.90 Å². The molecule has 1 amide bonds. The lowest BCUT2D eigenvalue weighted by atomic mass is 9.88. The van der Waals surface area contributed by atoms with Gasteiger partial charge in [-0.15, -0.1) is 0 Å². The van der Waals surface area contributed by atoms with Gasteiger partial charge in [0.2, 0.25) is 5.91 Å². The summed E-state index contributed by atoms with van der Waals surface area (Å²) >= 11 is 0. The SMILES string of the molecule is CCC(C(=O)N1Cc2ccccc2C(C(=O)O)C1)c1ccccc1. The number of rotatable bonds is 4. The molecule has 2 aromatic carbocycles. The molecule has 2 atom stereocenters. The van der Waals surface area contributed by atoms with Crippen molar-refractivity contribution in [2.24, 2.45) is 0 Å². The zero-order valence-corrected chi connectivity index (χ0v) is 13.7. The number of nitrogens with zero attached hydrogens (tertiary/aromatic N) is 1. The third-order valence-electron chi connectivity index (χ3n) is 4.71. The second-order valence-electron chi connectivity index (χ2n) is 6.18. The average Bonchev–Trinajstić information content (AvgIpc) is 2.62. The monoisotopic (exact) mass is 323 g/mol. The van der Waals surface area contributed by atoms with Crippen LogP contribution in [-0.4, -0.2) is 28.4 Å². The Morgan fingerprint density at radius 1 is 1.12 bits per heavy atom. The van der Waals surface area contributed by atoms with E-state index in [-0.39, 0.29) is 18.4 Å². The molecule has 0 radical (unpaired) electrons. The smallest absolute Gasteiger partial charge is 0.312 e.